The van der Waals surface area contributed by atoms with Crippen LogP contribution in [0, 0.1) is 20.8 Å². The number of hydrogen-bond acceptors (Lipinski definition) is 4. The van der Waals surface area contributed by atoms with Gasteiger partial charge in [-0.25, -0.2) is 4.79 Å². The highest BCUT2D eigenvalue weighted by molar-refractivity contribution is 5.94. The second-order valence-corrected chi connectivity index (χ2v) is 7.49. The molecule has 30 heavy (non-hydrogen) atoms. The second kappa shape index (κ2) is 8.95. The van der Waals surface area contributed by atoms with E-state index in [9.17, 15) is 14.4 Å². The van der Waals surface area contributed by atoms with Crippen molar-refractivity contribution in [2.24, 2.45) is 0 Å². The lowest BCUT2D eigenvalue weighted by molar-refractivity contribution is -0.116. The van der Waals surface area contributed by atoms with Crippen molar-refractivity contribution in [2.75, 3.05) is 11.9 Å². The molecule has 6 nitrogen and oxygen atoms in total. The summed E-state index contributed by atoms with van der Waals surface area (Å²) in [7, 11) is 0. The first-order valence-electron chi connectivity index (χ1n) is 9.98. The number of aryl methyl sites for hydroxylation is 3. The zero-order chi connectivity index (χ0) is 21.8. The second-order valence-electron chi connectivity index (χ2n) is 7.49. The minimum absolute atomic E-state index is 0.0974. The highest BCUT2D eigenvalue weighted by Crippen LogP contribution is 2.22. The van der Waals surface area contributed by atoms with Gasteiger partial charge in [0.1, 0.15) is 6.54 Å². The molecule has 0 saturated heterocycles. The van der Waals surface area contributed by atoms with E-state index in [2.05, 4.69) is 5.32 Å². The van der Waals surface area contributed by atoms with Gasteiger partial charge in [-0.1, -0.05) is 18.6 Å². The summed E-state index contributed by atoms with van der Waals surface area (Å²) in [4.78, 5) is 37.1. The standard InChI is InChI=1S/C24H26N2O4/c1-5-10-30-24(29)18-6-8-19(9-7-18)25-21(27)14-26-22(28)13-16(3)20-12-15(2)11-17(4)23(20)26/h6-9,11-13H,5,10,14H2,1-4H3,(H,25,27). The number of aromatic nitrogens is 1. The topological polar surface area (TPSA) is 77.4 Å². The van der Waals surface area contributed by atoms with Gasteiger partial charge in [0.2, 0.25) is 5.91 Å². The summed E-state index contributed by atoms with van der Waals surface area (Å²) in [5.74, 6) is -0.707. The molecular weight excluding hydrogens is 380 g/mol. The molecule has 1 N–H and O–H groups in total. The molecule has 2 aromatic carbocycles. The van der Waals surface area contributed by atoms with Crippen molar-refractivity contribution in [3.63, 3.8) is 0 Å². The molecule has 0 aliphatic heterocycles. The van der Waals surface area contributed by atoms with Crippen LogP contribution in [-0.4, -0.2) is 23.1 Å². The summed E-state index contributed by atoms with van der Waals surface area (Å²) in [6, 6.07) is 12.1. The molecular formula is C24H26N2O4. The normalized spacial score (nSPS) is 10.8. The molecule has 0 aliphatic rings. The van der Waals surface area contributed by atoms with Gasteiger partial charge in [-0.05, 0) is 68.7 Å². The van der Waals surface area contributed by atoms with Crippen LogP contribution in [0.3, 0.4) is 0 Å². The van der Waals surface area contributed by atoms with Gasteiger partial charge in [-0.15, -0.1) is 0 Å². The Labute approximate surface area is 175 Å². The summed E-state index contributed by atoms with van der Waals surface area (Å²) < 4.78 is 6.60. The number of carbonyl (C=O) groups excluding carboxylic acids is 2. The smallest absolute Gasteiger partial charge is 0.338 e. The first kappa shape index (κ1) is 21.3. The van der Waals surface area contributed by atoms with Crippen molar-refractivity contribution < 1.29 is 14.3 Å². The first-order chi connectivity index (χ1) is 14.3. The monoisotopic (exact) mass is 406 g/mol. The number of ether oxygens (including phenoxy) is 1. The molecule has 0 bridgehead atoms. The number of amides is 1. The van der Waals surface area contributed by atoms with Gasteiger partial charge < -0.3 is 10.1 Å². The van der Waals surface area contributed by atoms with E-state index in [0.717, 1.165) is 34.0 Å². The van der Waals surface area contributed by atoms with Gasteiger partial charge >= 0.3 is 5.97 Å². The van der Waals surface area contributed by atoms with Gasteiger partial charge in [0.25, 0.3) is 5.56 Å². The Balaban J connectivity index is 1.81. The molecule has 6 heteroatoms. The van der Waals surface area contributed by atoms with Crippen molar-refractivity contribution in [1.82, 2.24) is 4.57 Å². The largest absolute Gasteiger partial charge is 0.462 e. The Morgan fingerprint density at radius 1 is 1.00 bits per heavy atom. The fourth-order valence-electron chi connectivity index (χ4n) is 3.54. The zero-order valence-corrected chi connectivity index (χ0v) is 17.7. The van der Waals surface area contributed by atoms with E-state index in [-0.39, 0.29) is 18.0 Å². The van der Waals surface area contributed by atoms with Crippen LogP contribution in [0.25, 0.3) is 10.9 Å². The number of nitrogens with one attached hydrogen (secondary N) is 1. The minimum atomic E-state index is -0.391. The molecule has 0 radical (unpaired) electrons. The molecule has 1 aromatic heterocycles. The SMILES string of the molecule is CCCOC(=O)c1ccc(NC(=O)Cn2c(=O)cc(C)c3cc(C)cc(C)c32)cc1. The molecule has 0 unspecified atom stereocenters. The minimum Gasteiger partial charge on any atom is -0.462 e. The van der Waals surface area contributed by atoms with E-state index in [1.165, 1.54) is 4.57 Å². The number of hydrogen-bond donors (Lipinski definition) is 1. The predicted octanol–water partition coefficient (Wildman–Crippen LogP) is 4.13. The van der Waals surface area contributed by atoms with Crippen molar-refractivity contribution in [1.29, 1.82) is 0 Å². The van der Waals surface area contributed by atoms with Gasteiger partial charge in [0.15, 0.2) is 0 Å². The number of benzene rings is 2. The third kappa shape index (κ3) is 4.59. The Bertz CT molecular complexity index is 1160. The van der Waals surface area contributed by atoms with E-state index >= 15 is 0 Å². The maximum atomic E-state index is 12.6. The van der Waals surface area contributed by atoms with Gasteiger partial charge in [-0.3, -0.25) is 14.2 Å². The molecule has 0 aliphatic carbocycles. The maximum absolute atomic E-state index is 12.6. The Morgan fingerprint density at radius 3 is 2.37 bits per heavy atom. The van der Waals surface area contributed by atoms with E-state index in [0.29, 0.717) is 17.9 Å². The lowest BCUT2D eigenvalue weighted by Crippen LogP contribution is -2.28. The molecule has 0 fully saturated rings. The number of nitrogens with zero attached hydrogens (tertiary/aromatic N) is 1. The first-order valence-corrected chi connectivity index (χ1v) is 9.98. The summed E-state index contributed by atoms with van der Waals surface area (Å²) in [6.07, 6.45) is 0.756. The van der Waals surface area contributed by atoms with Crippen LogP contribution < -0.4 is 10.9 Å². The third-order valence-electron chi connectivity index (χ3n) is 4.89. The average Bonchev–Trinajstić information content (AvgIpc) is 2.69. The average molecular weight is 406 g/mol. The van der Waals surface area contributed by atoms with Crippen molar-refractivity contribution in [3.8, 4) is 0 Å². The van der Waals surface area contributed by atoms with Crippen LogP contribution >= 0.6 is 0 Å². The highest BCUT2D eigenvalue weighted by atomic mass is 16.5. The van der Waals surface area contributed by atoms with Crippen LogP contribution in [0.15, 0.2) is 47.3 Å². The van der Waals surface area contributed by atoms with Gasteiger partial charge in [-0.2, -0.15) is 0 Å². The van der Waals surface area contributed by atoms with E-state index in [1.54, 1.807) is 30.3 Å². The summed E-state index contributed by atoms with van der Waals surface area (Å²) >= 11 is 0. The molecule has 0 spiro atoms. The van der Waals surface area contributed by atoms with Crippen LogP contribution in [0.2, 0.25) is 0 Å². The van der Waals surface area contributed by atoms with Crippen molar-refractivity contribution in [2.45, 2.75) is 40.7 Å². The molecule has 3 rings (SSSR count). The quantitative estimate of drug-likeness (QED) is 0.625. The van der Waals surface area contributed by atoms with Crippen molar-refractivity contribution >= 4 is 28.5 Å². The van der Waals surface area contributed by atoms with Crippen LogP contribution in [-0.2, 0) is 16.1 Å². The number of pyridine rings is 1. The number of esters is 1. The summed E-state index contributed by atoms with van der Waals surface area (Å²) in [6.45, 7) is 8.06. The Kier molecular flexibility index (Phi) is 6.35. The Morgan fingerprint density at radius 2 is 1.70 bits per heavy atom. The predicted molar refractivity (Wildman–Crippen MR) is 118 cm³/mol. The molecule has 0 atom stereocenters. The summed E-state index contributed by atoms with van der Waals surface area (Å²) in [5, 5.41) is 3.75. The van der Waals surface area contributed by atoms with Crippen LogP contribution in [0.4, 0.5) is 5.69 Å². The molecule has 1 heterocycles. The van der Waals surface area contributed by atoms with Crippen LogP contribution in [0.1, 0.15) is 40.4 Å². The lowest BCUT2D eigenvalue weighted by Gasteiger charge is -2.15. The van der Waals surface area contributed by atoms with E-state index < -0.39 is 5.97 Å². The Hall–Kier alpha value is -3.41. The fourth-order valence-corrected chi connectivity index (χ4v) is 3.54. The van der Waals surface area contributed by atoms with E-state index in [4.69, 9.17) is 4.74 Å². The van der Waals surface area contributed by atoms with Crippen LogP contribution in [0.5, 0.6) is 0 Å². The van der Waals surface area contributed by atoms with Gasteiger partial charge in [0, 0.05) is 17.1 Å². The summed E-state index contributed by atoms with van der Waals surface area (Å²) in [5.41, 5.74) is 4.48. The molecule has 1 amide bonds. The fraction of sp³-hybridized carbons (Fsp3) is 0.292. The number of carbonyl (C=O) groups is 2. The number of anilines is 1. The maximum Gasteiger partial charge on any atom is 0.338 e. The third-order valence-corrected chi connectivity index (χ3v) is 4.89. The lowest BCUT2D eigenvalue weighted by atomic mass is 10.0. The molecule has 156 valence electrons. The number of fused-ring (bicyclic) bond motifs is 1. The van der Waals surface area contributed by atoms with E-state index in [1.807, 2.05) is 39.8 Å². The van der Waals surface area contributed by atoms with Gasteiger partial charge in [0.05, 0.1) is 17.7 Å². The zero-order valence-electron chi connectivity index (χ0n) is 17.7. The highest BCUT2D eigenvalue weighted by Gasteiger charge is 2.13. The van der Waals surface area contributed by atoms with Crippen molar-refractivity contribution in [3.05, 3.63) is 75.1 Å². The number of rotatable bonds is 6. The molecule has 3 aromatic rings. The molecule has 0 saturated carbocycles.